The van der Waals surface area contributed by atoms with Gasteiger partial charge in [-0.25, -0.2) is 19.4 Å². The minimum Gasteiger partial charge on any atom is -0.308 e. The zero-order valence-electron chi connectivity index (χ0n) is 40.8. The molecule has 0 saturated carbocycles. The fraction of sp³-hybridized carbons (Fsp3) is 0.0149. The Kier molecular flexibility index (Phi) is 11.4. The summed E-state index contributed by atoms with van der Waals surface area (Å²) in [4.78, 5) is 15.1. The molecule has 0 amide bonds. The molecule has 2 aromatic heterocycles. The molecule has 78 heavy (non-hydrogen) atoms. The first-order valence-electron chi connectivity index (χ1n) is 24.3. The molecule has 0 bridgehead atoms. The maximum absolute atomic E-state index is 15.4. The second kappa shape index (κ2) is 18.8. The van der Waals surface area contributed by atoms with Gasteiger partial charge in [-0.3, -0.25) is 0 Å². The Morgan fingerprint density at radius 1 is 0.359 bits per heavy atom. The maximum Gasteiger partial charge on any atom is 0.417 e. The lowest BCUT2D eigenvalue weighted by atomic mass is 9.94. The van der Waals surface area contributed by atoms with Gasteiger partial charge in [0.2, 0.25) is 0 Å². The molecule has 0 fully saturated rings. The van der Waals surface area contributed by atoms with Gasteiger partial charge in [0.05, 0.1) is 88.6 Å². The van der Waals surface area contributed by atoms with E-state index < -0.39 is 11.7 Å². The smallest absolute Gasteiger partial charge is 0.308 e. The minimum atomic E-state index is -4.93. The van der Waals surface area contributed by atoms with Crippen LogP contribution in [0.5, 0.6) is 0 Å². The molecule has 10 aromatic carbocycles. The summed E-state index contributed by atoms with van der Waals surface area (Å²) in [6, 6.07) is 63.7. The Morgan fingerprint density at radius 3 is 1.12 bits per heavy atom. The predicted octanol–water partition coefficient (Wildman–Crippen LogP) is 19.2. The van der Waals surface area contributed by atoms with Crippen molar-refractivity contribution in [2.45, 2.75) is 6.18 Å². The SMILES string of the molecule is [C-]#[N+]c1cccc(-c2ccc3c4ccc(-c5cccc([N+]#[C-])c5)cc4n(-c4cc([N+]#[C-])c(-c5ccc(C#N)cc5C(F)(F)F)cc4-n4c5cc(-c6cccc(C#N)c6)ccc5c5ccc(-c6cccc([N+]#[C-])c6)cc54)c3c2)c1. The third-order valence-electron chi connectivity index (χ3n) is 14.2. The standard InChI is InChI=1S/C67H33F3N8/c1-73-50-14-6-11-43(29-50)47-19-24-55-54-23-18-46(42-10-5-9-40(27-42)38-71)32-61(54)77(62(55)33-47)65-36-58(53-22-17-41(39-72)28-59(53)67(68,69)70)60(76-4)37-66(65)78-63-34-48(44-12-7-15-51(30-44)74-2)20-25-56(63)57-26-21-49(35-64(57)78)45-13-8-16-52(31-45)75-3/h5-37H. The van der Waals surface area contributed by atoms with E-state index in [2.05, 4.69) is 25.4 Å². The number of fused-ring (bicyclic) bond motifs is 6. The summed E-state index contributed by atoms with van der Waals surface area (Å²) in [5, 5.41) is 23.1. The normalized spacial score (nSPS) is 11.2. The molecule has 362 valence electrons. The van der Waals surface area contributed by atoms with Crippen LogP contribution in [0.3, 0.4) is 0 Å². The molecule has 12 aromatic rings. The number of halogens is 3. The van der Waals surface area contributed by atoms with E-state index in [1.807, 2.05) is 143 Å². The van der Waals surface area contributed by atoms with Crippen molar-refractivity contribution in [3.05, 3.63) is 263 Å². The fourth-order valence-corrected chi connectivity index (χ4v) is 10.6. The zero-order valence-corrected chi connectivity index (χ0v) is 40.8. The second-order valence-electron chi connectivity index (χ2n) is 18.6. The molecule has 0 saturated heterocycles. The van der Waals surface area contributed by atoms with Crippen LogP contribution >= 0.6 is 0 Å². The first kappa shape index (κ1) is 47.5. The van der Waals surface area contributed by atoms with E-state index in [9.17, 15) is 10.5 Å². The molecule has 0 aliphatic heterocycles. The first-order chi connectivity index (χ1) is 38.0. The summed E-state index contributed by atoms with van der Waals surface area (Å²) in [6.45, 7) is 32.2. The third kappa shape index (κ3) is 8.08. The highest BCUT2D eigenvalue weighted by atomic mass is 19.4. The van der Waals surface area contributed by atoms with Crippen molar-refractivity contribution in [3.63, 3.8) is 0 Å². The van der Waals surface area contributed by atoms with Crippen LogP contribution in [0.2, 0.25) is 0 Å². The summed E-state index contributed by atoms with van der Waals surface area (Å²) in [5.41, 5.74) is 9.79. The number of nitriles is 2. The maximum atomic E-state index is 15.4. The van der Waals surface area contributed by atoms with Crippen LogP contribution in [0.25, 0.3) is 130 Å². The van der Waals surface area contributed by atoms with Crippen molar-refractivity contribution in [1.82, 2.24) is 9.13 Å². The molecule has 0 radical (unpaired) electrons. The first-order valence-corrected chi connectivity index (χ1v) is 24.3. The molecular formula is C67H33F3N8. The molecule has 11 heteroatoms. The van der Waals surface area contributed by atoms with Gasteiger partial charge in [0.15, 0.2) is 22.7 Å². The van der Waals surface area contributed by atoms with Crippen LogP contribution in [-0.4, -0.2) is 9.13 Å². The van der Waals surface area contributed by atoms with Gasteiger partial charge >= 0.3 is 6.18 Å². The average molecular weight is 1010 g/mol. The van der Waals surface area contributed by atoms with E-state index in [4.69, 9.17) is 26.3 Å². The lowest BCUT2D eigenvalue weighted by Gasteiger charge is -2.21. The highest BCUT2D eigenvalue weighted by Crippen LogP contribution is 2.48. The van der Waals surface area contributed by atoms with Gasteiger partial charge in [0.25, 0.3) is 0 Å². The van der Waals surface area contributed by atoms with Crippen LogP contribution < -0.4 is 0 Å². The summed E-state index contributed by atoms with van der Waals surface area (Å²) in [5.74, 6) is 0. The zero-order chi connectivity index (χ0) is 53.8. The van der Waals surface area contributed by atoms with Gasteiger partial charge in [-0.15, -0.1) is 0 Å². The number of nitrogens with zero attached hydrogens (tertiary/aromatic N) is 8. The predicted molar refractivity (Wildman–Crippen MR) is 302 cm³/mol. The second-order valence-corrected chi connectivity index (χ2v) is 18.6. The highest BCUT2D eigenvalue weighted by Gasteiger charge is 2.35. The number of rotatable bonds is 7. The third-order valence-corrected chi connectivity index (χ3v) is 14.2. The Labute approximate surface area is 445 Å². The van der Waals surface area contributed by atoms with Crippen LogP contribution in [0.1, 0.15) is 16.7 Å². The largest absolute Gasteiger partial charge is 0.417 e. The number of benzene rings is 10. The van der Waals surface area contributed by atoms with Gasteiger partial charge in [0.1, 0.15) is 0 Å². The van der Waals surface area contributed by atoms with Crippen molar-refractivity contribution >= 4 is 66.4 Å². The lowest BCUT2D eigenvalue weighted by molar-refractivity contribution is -0.137. The van der Waals surface area contributed by atoms with Crippen LogP contribution in [0, 0.1) is 49.0 Å². The van der Waals surface area contributed by atoms with E-state index >= 15 is 13.2 Å². The number of hydrogen-bond donors (Lipinski definition) is 0. The monoisotopic (exact) mass is 1010 g/mol. The summed E-state index contributed by atoms with van der Waals surface area (Å²) in [7, 11) is 0. The minimum absolute atomic E-state index is 0.0246. The fourth-order valence-electron chi connectivity index (χ4n) is 10.6. The molecule has 0 spiro atoms. The van der Waals surface area contributed by atoms with Gasteiger partial charge < -0.3 is 9.13 Å². The van der Waals surface area contributed by atoms with E-state index in [1.165, 1.54) is 12.1 Å². The molecule has 0 aliphatic carbocycles. The topological polar surface area (TPSA) is 74.9 Å². The van der Waals surface area contributed by atoms with Crippen molar-refractivity contribution in [2.75, 3.05) is 0 Å². The van der Waals surface area contributed by atoms with Crippen LogP contribution in [-0.2, 0) is 6.18 Å². The summed E-state index contributed by atoms with van der Waals surface area (Å²) >= 11 is 0. The highest BCUT2D eigenvalue weighted by molar-refractivity contribution is 6.14. The van der Waals surface area contributed by atoms with Gasteiger partial charge in [-0.2, -0.15) is 23.7 Å². The van der Waals surface area contributed by atoms with Crippen molar-refractivity contribution in [2.24, 2.45) is 0 Å². The Hall–Kier alpha value is -11.5. The van der Waals surface area contributed by atoms with Gasteiger partial charge in [-0.05, 0) is 134 Å². The molecule has 0 atom stereocenters. The Bertz CT molecular complexity index is 4590. The van der Waals surface area contributed by atoms with E-state index in [-0.39, 0.29) is 22.4 Å². The number of alkyl halides is 3. The number of aromatic nitrogens is 2. The van der Waals surface area contributed by atoms with Gasteiger partial charge in [0, 0.05) is 21.5 Å². The van der Waals surface area contributed by atoms with E-state index in [1.54, 1.807) is 54.6 Å². The van der Waals surface area contributed by atoms with Crippen molar-refractivity contribution < 1.29 is 13.2 Å². The molecule has 0 aliphatic rings. The molecule has 2 heterocycles. The lowest BCUT2D eigenvalue weighted by Crippen LogP contribution is -2.09. The average Bonchev–Trinajstić information content (AvgIpc) is 4.18. The molecular weight excluding hydrogens is 974 g/mol. The Morgan fingerprint density at radius 2 is 0.731 bits per heavy atom. The van der Waals surface area contributed by atoms with Crippen molar-refractivity contribution in [1.29, 1.82) is 10.5 Å². The molecule has 12 rings (SSSR count). The molecule has 0 N–H and O–H groups in total. The van der Waals surface area contributed by atoms with Crippen LogP contribution in [0.4, 0.5) is 35.9 Å². The van der Waals surface area contributed by atoms with Gasteiger partial charge in [-0.1, -0.05) is 121 Å². The van der Waals surface area contributed by atoms with E-state index in [0.717, 1.165) is 72.1 Å². The summed E-state index contributed by atoms with van der Waals surface area (Å²) < 4.78 is 50.3. The van der Waals surface area contributed by atoms with E-state index in [0.29, 0.717) is 56.1 Å². The quantitative estimate of drug-likeness (QED) is 0.149. The summed E-state index contributed by atoms with van der Waals surface area (Å²) in [6.07, 6.45) is -4.93. The molecule has 8 nitrogen and oxygen atoms in total. The Balaban J connectivity index is 1.28. The van der Waals surface area contributed by atoms with Crippen molar-refractivity contribution in [3.8, 4) is 79.1 Å². The molecule has 0 unspecified atom stereocenters. The number of hydrogen-bond acceptors (Lipinski definition) is 2. The van der Waals surface area contributed by atoms with Crippen LogP contribution in [0.15, 0.2) is 200 Å².